The van der Waals surface area contributed by atoms with Gasteiger partial charge in [0.25, 0.3) is 5.91 Å². The van der Waals surface area contributed by atoms with Gasteiger partial charge >= 0.3 is 0 Å². The largest absolute Gasteiger partial charge is 0.345 e. The van der Waals surface area contributed by atoms with Gasteiger partial charge in [-0.15, -0.1) is 21.5 Å². The smallest absolute Gasteiger partial charge is 0.253 e. The molecule has 0 aliphatic carbocycles. The van der Waals surface area contributed by atoms with E-state index in [2.05, 4.69) is 15.5 Å². The van der Waals surface area contributed by atoms with Crippen LogP contribution in [0.4, 0.5) is 13.9 Å². The van der Waals surface area contributed by atoms with E-state index in [1.165, 1.54) is 45.2 Å². The predicted octanol–water partition coefficient (Wildman–Crippen LogP) is 6.04. The van der Waals surface area contributed by atoms with Crippen molar-refractivity contribution in [2.45, 2.75) is 19.8 Å². The molecule has 0 aliphatic rings. The first kappa shape index (κ1) is 25.6. The third-order valence-corrected chi connectivity index (χ3v) is 7.65. The normalized spacial score (nSPS) is 12.3. The number of rotatable bonds is 7. The molecule has 6 nitrogen and oxygen atoms in total. The van der Waals surface area contributed by atoms with E-state index in [4.69, 9.17) is 0 Å². The van der Waals surface area contributed by atoms with Crippen LogP contribution >= 0.6 is 22.7 Å². The Hall–Kier alpha value is -3.50. The van der Waals surface area contributed by atoms with Crippen LogP contribution in [-0.2, 0) is 4.79 Å². The molecule has 4 rings (SSSR count). The standard InChI is InChI=1S/C26H24F2N4O2S2/c1-26(2,24(34)30-25-31-29-14-35-25)22(17-11-18(27)13-19(28)12-17)21-10-9-20(36-21)15-5-7-16(8-6-15)23(33)32(3)4/h5-14,22H,1-4H3,(H,30,31,34). The number of amides is 2. The molecule has 1 N–H and O–H groups in total. The van der Waals surface area contributed by atoms with Crippen molar-refractivity contribution in [3.63, 3.8) is 0 Å². The highest BCUT2D eigenvalue weighted by Gasteiger charge is 2.40. The Balaban J connectivity index is 1.73. The second kappa shape index (κ2) is 10.2. The summed E-state index contributed by atoms with van der Waals surface area (Å²) < 4.78 is 28.5. The van der Waals surface area contributed by atoms with Gasteiger partial charge in [0.1, 0.15) is 17.1 Å². The molecule has 4 aromatic rings. The number of thiophene rings is 1. The monoisotopic (exact) mass is 526 g/mol. The number of aromatic nitrogens is 2. The van der Waals surface area contributed by atoms with Crippen molar-refractivity contribution in [2.75, 3.05) is 19.4 Å². The van der Waals surface area contributed by atoms with Crippen LogP contribution in [0.5, 0.6) is 0 Å². The number of nitrogens with zero attached hydrogens (tertiary/aromatic N) is 3. The van der Waals surface area contributed by atoms with E-state index in [1.54, 1.807) is 40.1 Å². The number of nitrogens with one attached hydrogen (secondary N) is 1. The number of hydrogen-bond acceptors (Lipinski definition) is 6. The van der Waals surface area contributed by atoms with Crippen molar-refractivity contribution in [1.29, 1.82) is 0 Å². The zero-order valence-electron chi connectivity index (χ0n) is 20.1. The molecule has 1 atom stereocenters. The van der Waals surface area contributed by atoms with Crippen LogP contribution in [0.15, 0.2) is 60.1 Å². The number of benzene rings is 2. The average Bonchev–Trinajstić information content (AvgIpc) is 3.50. The highest BCUT2D eigenvalue weighted by atomic mass is 32.1. The number of hydrogen-bond donors (Lipinski definition) is 1. The van der Waals surface area contributed by atoms with Crippen molar-refractivity contribution < 1.29 is 18.4 Å². The summed E-state index contributed by atoms with van der Waals surface area (Å²) in [6.45, 7) is 3.47. The van der Waals surface area contributed by atoms with Crippen LogP contribution in [0, 0.1) is 17.0 Å². The van der Waals surface area contributed by atoms with Crippen LogP contribution < -0.4 is 5.32 Å². The number of carbonyl (C=O) groups excluding carboxylic acids is 2. The van der Waals surface area contributed by atoms with E-state index in [1.807, 2.05) is 24.3 Å². The third-order valence-electron chi connectivity index (χ3n) is 5.84. The molecule has 2 aromatic carbocycles. The van der Waals surface area contributed by atoms with E-state index in [9.17, 15) is 18.4 Å². The minimum absolute atomic E-state index is 0.0928. The van der Waals surface area contributed by atoms with Crippen LogP contribution in [0.25, 0.3) is 10.4 Å². The van der Waals surface area contributed by atoms with E-state index in [-0.39, 0.29) is 11.8 Å². The van der Waals surface area contributed by atoms with Crippen molar-refractivity contribution in [2.24, 2.45) is 5.41 Å². The molecule has 186 valence electrons. The van der Waals surface area contributed by atoms with Crippen LogP contribution in [-0.4, -0.2) is 41.0 Å². The molecule has 2 amide bonds. The summed E-state index contributed by atoms with van der Waals surface area (Å²) in [6, 6.07) is 14.3. The van der Waals surface area contributed by atoms with Gasteiger partial charge in [0.2, 0.25) is 11.0 Å². The first-order valence-corrected chi connectivity index (χ1v) is 12.7. The van der Waals surface area contributed by atoms with E-state index < -0.39 is 23.0 Å². The quantitative estimate of drug-likeness (QED) is 0.318. The Bertz CT molecular complexity index is 1360. The molecule has 1 unspecified atom stereocenters. The summed E-state index contributed by atoms with van der Waals surface area (Å²) in [6.07, 6.45) is 0. The second-order valence-electron chi connectivity index (χ2n) is 9.03. The lowest BCUT2D eigenvalue weighted by molar-refractivity contribution is -0.124. The zero-order chi connectivity index (χ0) is 26.0. The minimum Gasteiger partial charge on any atom is -0.345 e. The van der Waals surface area contributed by atoms with Gasteiger partial charge in [-0.1, -0.05) is 37.3 Å². The molecule has 10 heteroatoms. The Morgan fingerprint density at radius 2 is 1.67 bits per heavy atom. The maximum absolute atomic E-state index is 14.2. The number of anilines is 1. The fourth-order valence-electron chi connectivity index (χ4n) is 3.99. The maximum atomic E-state index is 14.2. The van der Waals surface area contributed by atoms with E-state index >= 15 is 0 Å². The van der Waals surface area contributed by atoms with Crippen molar-refractivity contribution in [3.05, 3.63) is 87.7 Å². The molecule has 0 spiro atoms. The minimum atomic E-state index is -1.10. The SMILES string of the molecule is CN(C)C(=O)c1ccc(-c2ccc(C(c3cc(F)cc(F)c3)C(C)(C)C(=O)Nc3nncs3)s2)cc1. The van der Waals surface area contributed by atoms with Gasteiger partial charge < -0.3 is 10.2 Å². The Morgan fingerprint density at radius 3 is 2.25 bits per heavy atom. The lowest BCUT2D eigenvalue weighted by Crippen LogP contribution is -2.36. The highest BCUT2D eigenvalue weighted by Crippen LogP contribution is 2.46. The van der Waals surface area contributed by atoms with Gasteiger partial charge in [0, 0.05) is 41.4 Å². The first-order chi connectivity index (χ1) is 17.1. The molecule has 36 heavy (non-hydrogen) atoms. The molecule has 0 saturated carbocycles. The molecule has 0 bridgehead atoms. The molecular formula is C26H24F2N4O2S2. The summed E-state index contributed by atoms with van der Waals surface area (Å²) in [5, 5.41) is 10.7. The molecular weight excluding hydrogens is 502 g/mol. The van der Waals surface area contributed by atoms with Gasteiger partial charge in [-0.3, -0.25) is 9.59 Å². The van der Waals surface area contributed by atoms with Crippen molar-refractivity contribution in [3.8, 4) is 10.4 Å². The molecule has 2 aromatic heterocycles. The molecule has 0 aliphatic heterocycles. The van der Waals surface area contributed by atoms with Crippen molar-refractivity contribution >= 4 is 39.6 Å². The Kier molecular flexibility index (Phi) is 7.28. The van der Waals surface area contributed by atoms with Gasteiger partial charge in [-0.25, -0.2) is 8.78 Å². The van der Waals surface area contributed by atoms with Gasteiger partial charge in [-0.2, -0.15) is 0 Å². The van der Waals surface area contributed by atoms with E-state index in [0.29, 0.717) is 16.3 Å². The molecule has 0 saturated heterocycles. The topological polar surface area (TPSA) is 75.2 Å². The molecule has 2 heterocycles. The van der Waals surface area contributed by atoms with Crippen LogP contribution in [0.1, 0.15) is 40.6 Å². The Morgan fingerprint density at radius 1 is 1.00 bits per heavy atom. The summed E-state index contributed by atoms with van der Waals surface area (Å²) in [5.41, 5.74) is 2.22. The lowest BCUT2D eigenvalue weighted by atomic mass is 9.73. The van der Waals surface area contributed by atoms with Crippen LogP contribution in [0.3, 0.4) is 0 Å². The third kappa shape index (κ3) is 5.34. The van der Waals surface area contributed by atoms with Gasteiger partial charge in [0.15, 0.2) is 0 Å². The summed E-state index contributed by atoms with van der Waals surface area (Å²) in [5.74, 6) is -2.52. The summed E-state index contributed by atoms with van der Waals surface area (Å²) in [7, 11) is 3.39. The van der Waals surface area contributed by atoms with Gasteiger partial charge in [-0.05, 0) is 47.5 Å². The lowest BCUT2D eigenvalue weighted by Gasteiger charge is -2.32. The predicted molar refractivity (Wildman–Crippen MR) is 138 cm³/mol. The van der Waals surface area contributed by atoms with Gasteiger partial charge in [0.05, 0.1) is 5.41 Å². The fraction of sp³-hybridized carbons (Fsp3) is 0.231. The van der Waals surface area contributed by atoms with E-state index in [0.717, 1.165) is 21.4 Å². The fourth-order valence-corrected chi connectivity index (χ4v) is 5.76. The first-order valence-electron chi connectivity index (χ1n) is 11.0. The van der Waals surface area contributed by atoms with Crippen LogP contribution in [0.2, 0.25) is 0 Å². The molecule has 0 radical (unpaired) electrons. The number of carbonyl (C=O) groups is 2. The average molecular weight is 527 g/mol. The Labute approximate surface area is 215 Å². The van der Waals surface area contributed by atoms with Crippen molar-refractivity contribution in [1.82, 2.24) is 15.1 Å². The summed E-state index contributed by atoms with van der Waals surface area (Å²) in [4.78, 5) is 28.7. The highest BCUT2D eigenvalue weighted by molar-refractivity contribution is 7.15. The molecule has 0 fully saturated rings. The maximum Gasteiger partial charge on any atom is 0.253 e. The zero-order valence-corrected chi connectivity index (χ0v) is 21.7. The number of halogens is 2. The summed E-state index contributed by atoms with van der Waals surface area (Å²) >= 11 is 2.61. The second-order valence-corrected chi connectivity index (χ2v) is 11.0.